The van der Waals surface area contributed by atoms with E-state index in [0.29, 0.717) is 42.2 Å². The molecule has 0 aliphatic carbocycles. The molecule has 0 aromatic carbocycles. The van der Waals surface area contributed by atoms with Gasteiger partial charge in [0, 0.05) is 30.9 Å². The smallest absolute Gasteiger partial charge is 0.240 e. The molecule has 0 bridgehead atoms. The Labute approximate surface area is 184 Å². The van der Waals surface area contributed by atoms with Crippen LogP contribution in [0.2, 0.25) is 0 Å². The van der Waals surface area contributed by atoms with Crippen LogP contribution >= 0.6 is 0 Å². The number of fused-ring (bicyclic) bond motifs is 3. The summed E-state index contributed by atoms with van der Waals surface area (Å²) in [6.07, 6.45) is 2.54. The average Bonchev–Trinajstić information content (AvgIpc) is 3.42. The van der Waals surface area contributed by atoms with E-state index in [1.165, 1.54) is 0 Å². The van der Waals surface area contributed by atoms with Crippen LogP contribution in [0.1, 0.15) is 32.1 Å². The van der Waals surface area contributed by atoms with E-state index < -0.39 is 18.1 Å². The van der Waals surface area contributed by atoms with Gasteiger partial charge in [-0.05, 0) is 20.8 Å². The lowest BCUT2D eigenvalue weighted by Gasteiger charge is -2.23. The number of halogens is 1. The zero-order valence-corrected chi connectivity index (χ0v) is 18.2. The van der Waals surface area contributed by atoms with E-state index in [-0.39, 0.29) is 19.0 Å². The molecule has 2 atom stereocenters. The number of nitrogens with zero attached hydrogens (tertiary/aromatic N) is 7. The highest BCUT2D eigenvalue weighted by Crippen LogP contribution is 2.37. The molecule has 11 heteroatoms. The summed E-state index contributed by atoms with van der Waals surface area (Å²) in [4.78, 5) is 27.3. The maximum atomic E-state index is 14.0. The van der Waals surface area contributed by atoms with Crippen molar-refractivity contribution in [2.45, 2.75) is 52.0 Å². The van der Waals surface area contributed by atoms with Crippen molar-refractivity contribution in [2.24, 2.45) is 5.73 Å². The van der Waals surface area contributed by atoms with Gasteiger partial charge in [-0.1, -0.05) is 0 Å². The highest BCUT2D eigenvalue weighted by atomic mass is 19.1. The summed E-state index contributed by atoms with van der Waals surface area (Å²) < 4.78 is 23.8. The monoisotopic (exact) mass is 440 g/mol. The average molecular weight is 440 g/mol. The van der Waals surface area contributed by atoms with Gasteiger partial charge in [0.1, 0.15) is 47.7 Å². The molecule has 0 unspecified atom stereocenters. The number of hydrogen-bond acceptors (Lipinski definition) is 7. The molecule has 168 valence electrons. The van der Waals surface area contributed by atoms with Gasteiger partial charge in [-0.3, -0.25) is 4.79 Å². The Morgan fingerprint density at radius 2 is 2.12 bits per heavy atom. The van der Waals surface area contributed by atoms with Crippen LogP contribution in [0, 0.1) is 6.92 Å². The summed E-state index contributed by atoms with van der Waals surface area (Å²) in [7, 11) is 0. The minimum absolute atomic E-state index is 0.0681. The zero-order chi connectivity index (χ0) is 22.6. The molecule has 32 heavy (non-hydrogen) atoms. The highest BCUT2D eigenvalue weighted by Gasteiger charge is 2.37. The molecule has 5 rings (SSSR count). The molecule has 0 saturated carbocycles. The van der Waals surface area contributed by atoms with Crippen LogP contribution in [0.5, 0.6) is 5.75 Å². The number of aromatic nitrogens is 6. The molecule has 3 aromatic heterocycles. The van der Waals surface area contributed by atoms with Crippen LogP contribution in [0.15, 0.2) is 18.5 Å². The second kappa shape index (κ2) is 7.57. The van der Waals surface area contributed by atoms with Crippen LogP contribution in [0.4, 0.5) is 10.2 Å². The predicted octanol–water partition coefficient (Wildman–Crippen LogP) is 1.89. The molecular formula is C21H25FN8O2. The Bertz CT molecular complexity index is 1190. The highest BCUT2D eigenvalue weighted by molar-refractivity contribution is 5.84. The third-order valence-corrected chi connectivity index (χ3v) is 5.79. The quantitative estimate of drug-likeness (QED) is 0.658. The zero-order valence-electron chi connectivity index (χ0n) is 18.2. The molecule has 2 aliphatic heterocycles. The summed E-state index contributed by atoms with van der Waals surface area (Å²) in [6, 6.07) is 1.15. The predicted molar refractivity (Wildman–Crippen MR) is 115 cm³/mol. The fourth-order valence-corrected chi connectivity index (χ4v) is 4.31. The van der Waals surface area contributed by atoms with Crippen molar-refractivity contribution in [3.63, 3.8) is 0 Å². The second-order valence-electron chi connectivity index (χ2n) is 8.45. The van der Waals surface area contributed by atoms with E-state index in [1.54, 1.807) is 17.2 Å². The number of alkyl halides is 1. The topological polar surface area (TPSA) is 117 Å². The summed E-state index contributed by atoms with van der Waals surface area (Å²) >= 11 is 0. The maximum absolute atomic E-state index is 14.0. The molecule has 1 fully saturated rings. The molecule has 2 aliphatic rings. The van der Waals surface area contributed by atoms with E-state index in [2.05, 4.69) is 15.1 Å². The van der Waals surface area contributed by atoms with Crippen molar-refractivity contribution in [1.82, 2.24) is 29.3 Å². The molecule has 5 heterocycles. The molecular weight excluding hydrogens is 415 g/mol. The van der Waals surface area contributed by atoms with Gasteiger partial charge in [-0.25, -0.2) is 24.0 Å². The first kappa shape index (κ1) is 20.4. The molecule has 0 radical (unpaired) electrons. The van der Waals surface area contributed by atoms with Crippen molar-refractivity contribution >= 4 is 11.7 Å². The Hall–Kier alpha value is -3.50. The van der Waals surface area contributed by atoms with E-state index in [1.807, 2.05) is 36.2 Å². The number of imidazole rings is 1. The number of aryl methyl sites for hydroxylation is 1. The van der Waals surface area contributed by atoms with E-state index in [4.69, 9.17) is 15.5 Å². The fourth-order valence-electron chi connectivity index (χ4n) is 4.31. The largest absolute Gasteiger partial charge is 0.491 e. The number of carbonyl (C=O) groups excluding carboxylic acids is 1. The first-order valence-electron chi connectivity index (χ1n) is 10.7. The van der Waals surface area contributed by atoms with Crippen LogP contribution in [-0.4, -0.2) is 60.6 Å². The van der Waals surface area contributed by atoms with Crippen LogP contribution in [-0.2, 0) is 11.3 Å². The third-order valence-electron chi connectivity index (χ3n) is 5.79. The Morgan fingerprint density at radius 1 is 1.31 bits per heavy atom. The number of pyridine rings is 1. The summed E-state index contributed by atoms with van der Waals surface area (Å²) in [6.45, 7) is 7.06. The van der Waals surface area contributed by atoms with Crippen molar-refractivity contribution < 1.29 is 13.9 Å². The molecule has 3 aromatic rings. The fraction of sp³-hybridized carbons (Fsp3) is 0.476. The molecule has 1 saturated heterocycles. The Kier molecular flexibility index (Phi) is 4.83. The van der Waals surface area contributed by atoms with E-state index in [9.17, 15) is 9.18 Å². The van der Waals surface area contributed by atoms with Gasteiger partial charge in [-0.15, -0.1) is 0 Å². The molecule has 10 nitrogen and oxygen atoms in total. The summed E-state index contributed by atoms with van der Waals surface area (Å²) in [5.74, 6) is 2.58. The lowest BCUT2D eigenvalue weighted by atomic mass is 10.2. The van der Waals surface area contributed by atoms with Gasteiger partial charge in [0.2, 0.25) is 5.91 Å². The number of amides is 1. The van der Waals surface area contributed by atoms with Crippen molar-refractivity contribution in [3.05, 3.63) is 24.3 Å². The minimum Gasteiger partial charge on any atom is -0.491 e. The van der Waals surface area contributed by atoms with E-state index in [0.717, 1.165) is 11.3 Å². The molecule has 1 amide bonds. The number of ether oxygens (including phenoxy) is 1. The molecule has 0 spiro atoms. The van der Waals surface area contributed by atoms with Gasteiger partial charge in [0.15, 0.2) is 5.82 Å². The van der Waals surface area contributed by atoms with Gasteiger partial charge in [0.05, 0.1) is 18.7 Å². The first-order chi connectivity index (χ1) is 15.3. The lowest BCUT2D eigenvalue weighted by molar-refractivity contribution is -0.119. The SMILES string of the molecule is Cc1nc(-c2cn3c(n2)-c2cnc(N4C[C@H](F)C[C@H]4C(N)=O)cc2OCC3)n(C(C)C)n1. The maximum Gasteiger partial charge on any atom is 0.240 e. The van der Waals surface area contributed by atoms with Crippen LogP contribution < -0.4 is 15.4 Å². The standard InChI is InChI=1S/C21H25FN8O2/c1-11(2)30-21(25-12(3)27-30)15-10-28-4-5-32-17-7-18(24-8-14(17)20(28)26-15)29-9-13(22)6-16(29)19(23)31/h7-8,10-11,13,16H,4-6,9H2,1-3H3,(H2,23,31)/t13-,16+/m1/s1. The van der Waals surface area contributed by atoms with Gasteiger partial charge >= 0.3 is 0 Å². The normalized spacial score (nSPS) is 20.1. The van der Waals surface area contributed by atoms with Gasteiger partial charge in [0.25, 0.3) is 0 Å². The Balaban J connectivity index is 1.54. The summed E-state index contributed by atoms with van der Waals surface area (Å²) in [5, 5.41) is 4.48. The van der Waals surface area contributed by atoms with E-state index >= 15 is 0 Å². The number of rotatable bonds is 4. The number of carbonyl (C=O) groups is 1. The number of nitrogens with two attached hydrogens (primary N) is 1. The van der Waals surface area contributed by atoms with Crippen molar-refractivity contribution in [3.8, 4) is 28.7 Å². The molecule has 2 N–H and O–H groups in total. The Morgan fingerprint density at radius 3 is 2.88 bits per heavy atom. The third kappa shape index (κ3) is 3.37. The van der Waals surface area contributed by atoms with Crippen LogP contribution in [0.25, 0.3) is 22.9 Å². The van der Waals surface area contributed by atoms with Crippen molar-refractivity contribution in [1.29, 1.82) is 0 Å². The second-order valence-corrected chi connectivity index (χ2v) is 8.45. The number of hydrogen-bond donors (Lipinski definition) is 1. The number of primary amides is 1. The lowest BCUT2D eigenvalue weighted by Crippen LogP contribution is -2.40. The minimum atomic E-state index is -1.13. The van der Waals surface area contributed by atoms with Crippen LogP contribution in [0.3, 0.4) is 0 Å². The number of anilines is 1. The summed E-state index contributed by atoms with van der Waals surface area (Å²) in [5.41, 5.74) is 6.92. The van der Waals surface area contributed by atoms with Gasteiger partial charge in [-0.2, -0.15) is 5.10 Å². The van der Waals surface area contributed by atoms with Crippen molar-refractivity contribution in [2.75, 3.05) is 18.1 Å². The van der Waals surface area contributed by atoms with Gasteiger partial charge < -0.3 is 19.9 Å². The first-order valence-corrected chi connectivity index (χ1v) is 10.7.